The van der Waals surface area contributed by atoms with E-state index in [1.54, 1.807) is 0 Å². The molecule has 11 aromatic rings. The molecule has 10 aromatic carbocycles. The van der Waals surface area contributed by atoms with Gasteiger partial charge in [-0.25, -0.2) is 0 Å². The molecule has 2 nitrogen and oxygen atoms in total. The minimum atomic E-state index is 1.12. The first-order chi connectivity index (χ1) is 29.3. The van der Waals surface area contributed by atoms with Crippen molar-refractivity contribution in [1.29, 1.82) is 0 Å². The van der Waals surface area contributed by atoms with E-state index >= 15 is 0 Å². The Balaban J connectivity index is 0.986. The number of hydrogen-bond donors (Lipinski definition) is 0. The van der Waals surface area contributed by atoms with Crippen molar-refractivity contribution in [3.8, 4) is 22.3 Å². The largest absolute Gasteiger partial charge is 0.311 e. The predicted molar refractivity (Wildman–Crippen MR) is 255 cm³/mol. The average molecular weight is 771 g/mol. The van der Waals surface area contributed by atoms with Crippen LogP contribution in [0.2, 0.25) is 0 Å². The summed E-state index contributed by atoms with van der Waals surface area (Å²) in [6.45, 7) is 0. The number of benzene rings is 10. The van der Waals surface area contributed by atoms with E-state index in [9.17, 15) is 0 Å². The Kier molecular flexibility index (Phi) is 8.72. The van der Waals surface area contributed by atoms with Crippen LogP contribution >= 0.6 is 11.3 Å². The summed E-state index contributed by atoms with van der Waals surface area (Å²) in [4.78, 5) is 4.71. The van der Waals surface area contributed by atoms with Gasteiger partial charge in [-0.15, -0.1) is 11.3 Å². The Morgan fingerprint density at radius 1 is 0.288 bits per heavy atom. The van der Waals surface area contributed by atoms with Gasteiger partial charge in [-0.2, -0.15) is 0 Å². The van der Waals surface area contributed by atoms with E-state index in [-0.39, 0.29) is 0 Å². The molecule has 278 valence electrons. The lowest BCUT2D eigenvalue weighted by molar-refractivity contribution is 1.28. The third-order valence-corrected chi connectivity index (χ3v) is 12.6. The molecule has 0 radical (unpaired) electrons. The molecule has 0 saturated heterocycles. The molecule has 1 heterocycles. The van der Waals surface area contributed by atoms with E-state index in [0.29, 0.717) is 0 Å². The summed E-state index contributed by atoms with van der Waals surface area (Å²) in [5.74, 6) is 0. The first-order valence-corrected chi connectivity index (χ1v) is 20.9. The number of thiophene rings is 1. The fourth-order valence-electron chi connectivity index (χ4n) is 8.66. The number of nitrogens with zero attached hydrogens (tertiary/aromatic N) is 2. The van der Waals surface area contributed by atoms with Gasteiger partial charge in [0.15, 0.2) is 0 Å². The summed E-state index contributed by atoms with van der Waals surface area (Å²) in [7, 11) is 0. The SMILES string of the molecule is c1ccc(N(c2ccccc2)c2ccc(-c3cc4ccccc4c4cc(-c5ccc(N(c6ccccc6)c6cccc7sc8ccccc8c67)cc5)ccc34)cc2)cc1. The topological polar surface area (TPSA) is 6.48 Å². The second-order valence-electron chi connectivity index (χ2n) is 14.9. The van der Waals surface area contributed by atoms with Crippen molar-refractivity contribution in [2.45, 2.75) is 0 Å². The van der Waals surface area contributed by atoms with E-state index in [2.05, 4.69) is 240 Å². The third kappa shape index (κ3) is 6.29. The van der Waals surface area contributed by atoms with Gasteiger partial charge >= 0.3 is 0 Å². The van der Waals surface area contributed by atoms with Crippen molar-refractivity contribution in [2.24, 2.45) is 0 Å². The van der Waals surface area contributed by atoms with Crippen LogP contribution in [0.1, 0.15) is 0 Å². The summed E-state index contributed by atoms with van der Waals surface area (Å²) in [5, 5.41) is 7.56. The van der Waals surface area contributed by atoms with Crippen LogP contribution in [0.5, 0.6) is 0 Å². The van der Waals surface area contributed by atoms with Crippen molar-refractivity contribution in [3.05, 3.63) is 231 Å². The molecule has 0 amide bonds. The number of rotatable bonds is 8. The highest BCUT2D eigenvalue weighted by Gasteiger charge is 2.19. The van der Waals surface area contributed by atoms with Crippen molar-refractivity contribution in [2.75, 3.05) is 9.80 Å². The lowest BCUT2D eigenvalue weighted by Crippen LogP contribution is -2.10. The average Bonchev–Trinajstić information content (AvgIpc) is 3.70. The van der Waals surface area contributed by atoms with Crippen molar-refractivity contribution >= 4 is 87.2 Å². The fourth-order valence-corrected chi connectivity index (χ4v) is 9.79. The second-order valence-corrected chi connectivity index (χ2v) is 16.0. The highest BCUT2D eigenvalue weighted by atomic mass is 32.1. The Morgan fingerprint density at radius 3 is 1.47 bits per heavy atom. The van der Waals surface area contributed by atoms with E-state index in [1.807, 2.05) is 11.3 Å². The van der Waals surface area contributed by atoms with Gasteiger partial charge in [-0.1, -0.05) is 140 Å². The van der Waals surface area contributed by atoms with Crippen LogP contribution in [0.15, 0.2) is 231 Å². The standard InChI is InChI=1S/C56H38N2S/c1-4-16-43(17-5-1)57(44-18-6-2-7-19-44)46-34-29-40(30-35-46)51-38-42-15-10-11-22-48(42)52-37-41(31-36-49(51)52)39-27-32-47(33-28-39)58(45-20-8-3-9-21-45)53-24-14-26-55-56(53)50-23-12-13-25-54(50)59-55/h1-38H. The molecule has 0 fully saturated rings. The molecule has 11 rings (SSSR count). The highest BCUT2D eigenvalue weighted by Crippen LogP contribution is 2.45. The Hall–Kier alpha value is -7.46. The molecule has 59 heavy (non-hydrogen) atoms. The molecule has 0 N–H and O–H groups in total. The first-order valence-electron chi connectivity index (χ1n) is 20.1. The van der Waals surface area contributed by atoms with Crippen LogP contribution in [-0.2, 0) is 0 Å². The summed E-state index contributed by atoms with van der Waals surface area (Å²) < 4.78 is 2.60. The van der Waals surface area contributed by atoms with Crippen LogP contribution < -0.4 is 9.80 Å². The summed E-state index contributed by atoms with van der Waals surface area (Å²) in [5.41, 5.74) is 11.6. The van der Waals surface area contributed by atoms with Gasteiger partial charge < -0.3 is 9.80 Å². The van der Waals surface area contributed by atoms with Crippen molar-refractivity contribution < 1.29 is 0 Å². The van der Waals surface area contributed by atoms with Gasteiger partial charge in [0.05, 0.1) is 5.69 Å². The smallest absolute Gasteiger partial charge is 0.0554 e. The monoisotopic (exact) mass is 770 g/mol. The minimum Gasteiger partial charge on any atom is -0.311 e. The summed E-state index contributed by atoms with van der Waals surface area (Å²) in [6.07, 6.45) is 0. The molecule has 0 aliphatic carbocycles. The predicted octanol–water partition coefficient (Wildman–Crippen LogP) is 16.6. The van der Waals surface area contributed by atoms with E-state index in [1.165, 1.54) is 69.7 Å². The zero-order valence-corrected chi connectivity index (χ0v) is 33.1. The van der Waals surface area contributed by atoms with Gasteiger partial charge in [-0.3, -0.25) is 0 Å². The molecule has 0 aliphatic heterocycles. The minimum absolute atomic E-state index is 1.12. The third-order valence-electron chi connectivity index (χ3n) is 11.4. The number of hydrogen-bond acceptors (Lipinski definition) is 3. The van der Waals surface area contributed by atoms with E-state index < -0.39 is 0 Å². The van der Waals surface area contributed by atoms with Gasteiger partial charge in [0.1, 0.15) is 0 Å². The molecule has 0 bridgehead atoms. The number of para-hydroxylation sites is 3. The summed E-state index contributed by atoms with van der Waals surface area (Å²) >= 11 is 1.86. The van der Waals surface area contributed by atoms with Crippen LogP contribution in [0.25, 0.3) is 64.0 Å². The molecule has 1 aromatic heterocycles. The molecular formula is C56H38N2S. The molecule has 3 heteroatoms. The van der Waals surface area contributed by atoms with Gasteiger partial charge in [0.25, 0.3) is 0 Å². The van der Waals surface area contributed by atoms with Crippen LogP contribution in [0.4, 0.5) is 34.1 Å². The van der Waals surface area contributed by atoms with Gasteiger partial charge in [-0.05, 0) is 135 Å². The lowest BCUT2D eigenvalue weighted by Gasteiger charge is -2.26. The lowest BCUT2D eigenvalue weighted by atomic mass is 9.91. The van der Waals surface area contributed by atoms with Crippen LogP contribution in [0.3, 0.4) is 0 Å². The maximum absolute atomic E-state index is 2.40. The first kappa shape index (κ1) is 34.8. The quantitative estimate of drug-likeness (QED) is 0.142. The highest BCUT2D eigenvalue weighted by molar-refractivity contribution is 7.26. The molecule has 0 spiro atoms. The zero-order chi connectivity index (χ0) is 39.1. The Morgan fingerprint density at radius 2 is 0.797 bits per heavy atom. The molecular weight excluding hydrogens is 733 g/mol. The Labute approximate surface area is 348 Å². The van der Waals surface area contributed by atoms with Crippen LogP contribution in [0, 0.1) is 0 Å². The normalized spacial score (nSPS) is 11.4. The van der Waals surface area contributed by atoms with Crippen molar-refractivity contribution in [3.63, 3.8) is 0 Å². The summed E-state index contributed by atoms with van der Waals surface area (Å²) in [6, 6.07) is 83.5. The number of fused-ring (bicyclic) bond motifs is 6. The molecule has 0 saturated carbocycles. The molecule has 0 atom stereocenters. The van der Waals surface area contributed by atoms with E-state index in [0.717, 1.165) is 28.4 Å². The maximum atomic E-state index is 2.40. The van der Waals surface area contributed by atoms with Gasteiger partial charge in [0.2, 0.25) is 0 Å². The van der Waals surface area contributed by atoms with Crippen LogP contribution in [-0.4, -0.2) is 0 Å². The second kappa shape index (κ2) is 14.8. The van der Waals surface area contributed by atoms with Gasteiger partial charge in [0, 0.05) is 48.6 Å². The fraction of sp³-hybridized carbons (Fsp3) is 0. The molecule has 0 unspecified atom stereocenters. The zero-order valence-electron chi connectivity index (χ0n) is 32.2. The number of anilines is 6. The molecule has 0 aliphatic rings. The van der Waals surface area contributed by atoms with E-state index in [4.69, 9.17) is 0 Å². The van der Waals surface area contributed by atoms with Crippen molar-refractivity contribution in [1.82, 2.24) is 0 Å². The Bertz CT molecular complexity index is 3210. The maximum Gasteiger partial charge on any atom is 0.0554 e.